The predicted octanol–water partition coefficient (Wildman–Crippen LogP) is 4.56. The van der Waals surface area contributed by atoms with Gasteiger partial charge in [-0.2, -0.15) is 0 Å². The van der Waals surface area contributed by atoms with Crippen molar-refractivity contribution >= 4 is 16.9 Å². The average Bonchev–Trinajstić information content (AvgIpc) is 3.24. The smallest absolute Gasteiger partial charge is 0.307 e. The van der Waals surface area contributed by atoms with Crippen LogP contribution in [0, 0.1) is 5.92 Å². The number of fused-ring (bicyclic) bond motifs is 3. The average molecular weight is 498 g/mol. The molecule has 0 saturated carbocycles. The van der Waals surface area contributed by atoms with Crippen molar-refractivity contribution in [3.05, 3.63) is 59.3 Å². The number of rotatable bonds is 12. The van der Waals surface area contributed by atoms with E-state index < -0.39 is 11.9 Å². The van der Waals surface area contributed by atoms with Crippen LogP contribution < -0.4 is 14.8 Å². The zero-order valence-corrected chi connectivity index (χ0v) is 21.2. The van der Waals surface area contributed by atoms with E-state index in [1.807, 2.05) is 30.3 Å². The van der Waals surface area contributed by atoms with Gasteiger partial charge in [-0.05, 0) is 56.1 Å². The first kappa shape index (κ1) is 26.0. The van der Waals surface area contributed by atoms with Gasteiger partial charge in [0.1, 0.15) is 18.1 Å². The number of ether oxygens (including phenoxy) is 2. The molecule has 0 fully saturated rings. The molecule has 2 unspecified atom stereocenters. The van der Waals surface area contributed by atoms with Crippen LogP contribution in [-0.2, 0) is 11.2 Å². The number of benzene rings is 2. The van der Waals surface area contributed by atoms with Crippen molar-refractivity contribution in [1.29, 1.82) is 0 Å². The molecule has 3 atom stereocenters. The number of halogens is 1. The van der Waals surface area contributed by atoms with Gasteiger partial charge in [0.15, 0.2) is 0 Å². The minimum absolute atomic E-state index is 0.123. The lowest BCUT2D eigenvalue weighted by molar-refractivity contribution is -0.142. The van der Waals surface area contributed by atoms with Gasteiger partial charge in [0.25, 0.3) is 0 Å². The van der Waals surface area contributed by atoms with Crippen molar-refractivity contribution in [2.45, 2.75) is 38.8 Å². The molecule has 0 spiro atoms. The molecule has 2 heterocycles. The van der Waals surface area contributed by atoms with E-state index in [0.717, 1.165) is 28.9 Å². The number of carboxylic acid groups (broad SMARTS) is 1. The monoisotopic (exact) mass is 497 g/mol. The molecule has 8 heteroatoms. The molecule has 7 nitrogen and oxygen atoms in total. The van der Waals surface area contributed by atoms with Gasteiger partial charge in [-0.3, -0.25) is 14.1 Å². The van der Waals surface area contributed by atoms with Crippen molar-refractivity contribution in [1.82, 2.24) is 15.2 Å². The van der Waals surface area contributed by atoms with E-state index in [4.69, 9.17) is 9.47 Å². The summed E-state index contributed by atoms with van der Waals surface area (Å²) in [6, 6.07) is 14.0. The Morgan fingerprint density at radius 2 is 2.08 bits per heavy atom. The van der Waals surface area contributed by atoms with Gasteiger partial charge in [0, 0.05) is 41.3 Å². The summed E-state index contributed by atoms with van der Waals surface area (Å²) in [5.74, 6) is 0.0923. The van der Waals surface area contributed by atoms with E-state index >= 15 is 0 Å². The van der Waals surface area contributed by atoms with Gasteiger partial charge in [-0.15, -0.1) is 0 Å². The molecular weight excluding hydrogens is 461 g/mol. The van der Waals surface area contributed by atoms with E-state index in [-0.39, 0.29) is 18.8 Å². The highest BCUT2D eigenvalue weighted by molar-refractivity contribution is 5.85. The zero-order chi connectivity index (χ0) is 25.7. The van der Waals surface area contributed by atoms with Crippen LogP contribution >= 0.6 is 0 Å². The lowest BCUT2D eigenvalue weighted by atomic mass is 9.87. The standard InChI is InChI=1S/C28H36FN3O4/c1-18(28(33)34)17-32-19(2)15-22-21-7-4-5-8-24(21)31-26(22)27(32)23-16-20(9-10-25(23)35-3)36-14-13-30-12-6-11-29/h4-5,7-10,16,18-19,27,30-31H,6,11-15,17H2,1-3H3,(H,33,34)/t18?,19-,27?/m1/s1. The second kappa shape index (κ2) is 11.8. The zero-order valence-electron chi connectivity index (χ0n) is 21.2. The fourth-order valence-corrected chi connectivity index (χ4v) is 5.09. The number of alkyl halides is 1. The summed E-state index contributed by atoms with van der Waals surface area (Å²) >= 11 is 0. The lowest BCUT2D eigenvalue weighted by Gasteiger charge is -2.42. The van der Waals surface area contributed by atoms with Gasteiger partial charge in [-0.25, -0.2) is 0 Å². The van der Waals surface area contributed by atoms with Crippen LogP contribution in [0.5, 0.6) is 11.5 Å². The maximum absolute atomic E-state index is 12.3. The van der Waals surface area contributed by atoms with E-state index in [2.05, 4.69) is 34.3 Å². The molecule has 3 N–H and O–H groups in total. The third kappa shape index (κ3) is 5.50. The van der Waals surface area contributed by atoms with Crippen molar-refractivity contribution in [2.75, 3.05) is 40.0 Å². The molecule has 1 aromatic heterocycles. The van der Waals surface area contributed by atoms with E-state index in [0.29, 0.717) is 38.4 Å². The van der Waals surface area contributed by atoms with Crippen molar-refractivity contribution in [3.63, 3.8) is 0 Å². The summed E-state index contributed by atoms with van der Waals surface area (Å²) in [5.41, 5.74) is 4.32. The Bertz CT molecular complexity index is 1180. The van der Waals surface area contributed by atoms with E-state index in [9.17, 15) is 14.3 Å². The number of para-hydroxylation sites is 1. The first-order valence-electron chi connectivity index (χ1n) is 12.6. The topological polar surface area (TPSA) is 86.8 Å². The number of aromatic amines is 1. The van der Waals surface area contributed by atoms with Crippen LogP contribution in [0.25, 0.3) is 10.9 Å². The van der Waals surface area contributed by atoms with Crippen LogP contribution in [0.15, 0.2) is 42.5 Å². The minimum atomic E-state index is -0.812. The van der Waals surface area contributed by atoms with Gasteiger partial charge < -0.3 is 24.9 Å². The van der Waals surface area contributed by atoms with Gasteiger partial charge in [0.2, 0.25) is 0 Å². The largest absolute Gasteiger partial charge is 0.496 e. The van der Waals surface area contributed by atoms with Crippen LogP contribution in [0.4, 0.5) is 4.39 Å². The Morgan fingerprint density at radius 3 is 2.83 bits per heavy atom. The fraction of sp³-hybridized carbons (Fsp3) is 0.464. The molecule has 0 radical (unpaired) electrons. The van der Waals surface area contributed by atoms with Crippen LogP contribution in [-0.4, -0.2) is 67.0 Å². The Kier molecular flexibility index (Phi) is 8.48. The van der Waals surface area contributed by atoms with Gasteiger partial charge >= 0.3 is 5.97 Å². The highest BCUT2D eigenvalue weighted by atomic mass is 19.1. The lowest BCUT2D eigenvalue weighted by Crippen LogP contribution is -2.45. The molecule has 0 aliphatic carbocycles. The Labute approximate surface area is 211 Å². The summed E-state index contributed by atoms with van der Waals surface area (Å²) < 4.78 is 24.1. The van der Waals surface area contributed by atoms with Gasteiger partial charge in [0.05, 0.1) is 25.7 Å². The quantitative estimate of drug-likeness (QED) is 0.318. The first-order valence-corrected chi connectivity index (χ1v) is 12.6. The van der Waals surface area contributed by atoms with Crippen LogP contribution in [0.1, 0.15) is 43.1 Å². The van der Waals surface area contributed by atoms with Crippen LogP contribution in [0.3, 0.4) is 0 Å². The maximum Gasteiger partial charge on any atom is 0.307 e. The number of carboxylic acids is 1. The number of nitrogens with zero attached hydrogens (tertiary/aromatic N) is 1. The number of hydrogen-bond donors (Lipinski definition) is 3. The third-order valence-electron chi connectivity index (χ3n) is 6.95. The molecule has 0 saturated heterocycles. The number of carbonyl (C=O) groups is 1. The maximum atomic E-state index is 12.3. The SMILES string of the molecule is COc1ccc(OCCNCCCF)cc1C1c2[nH]c3ccccc3c2C[C@@H](C)N1CC(C)C(=O)O. The third-order valence-corrected chi connectivity index (χ3v) is 6.95. The predicted molar refractivity (Wildman–Crippen MR) is 139 cm³/mol. The fourth-order valence-electron chi connectivity index (χ4n) is 5.09. The van der Waals surface area contributed by atoms with Crippen molar-refractivity contribution < 1.29 is 23.8 Å². The van der Waals surface area contributed by atoms with Crippen LogP contribution in [0.2, 0.25) is 0 Å². The second-order valence-corrected chi connectivity index (χ2v) is 9.50. The molecule has 4 rings (SSSR count). The normalized spacial score (nSPS) is 18.7. The highest BCUT2D eigenvalue weighted by Crippen LogP contribution is 2.44. The summed E-state index contributed by atoms with van der Waals surface area (Å²) in [6.07, 6.45) is 1.31. The highest BCUT2D eigenvalue weighted by Gasteiger charge is 2.38. The summed E-state index contributed by atoms with van der Waals surface area (Å²) in [4.78, 5) is 17.7. The van der Waals surface area contributed by atoms with Crippen molar-refractivity contribution in [3.8, 4) is 11.5 Å². The Balaban J connectivity index is 1.72. The van der Waals surface area contributed by atoms with E-state index in [1.54, 1.807) is 14.0 Å². The number of H-pyrrole nitrogens is 1. The Morgan fingerprint density at radius 1 is 1.28 bits per heavy atom. The van der Waals surface area contributed by atoms with Crippen molar-refractivity contribution in [2.24, 2.45) is 5.92 Å². The molecule has 2 aromatic carbocycles. The Hall–Kier alpha value is -3.10. The molecule has 1 aliphatic heterocycles. The number of nitrogens with one attached hydrogen (secondary N) is 2. The molecule has 194 valence electrons. The van der Waals surface area contributed by atoms with Gasteiger partial charge in [-0.1, -0.05) is 25.1 Å². The molecule has 0 bridgehead atoms. The minimum Gasteiger partial charge on any atom is -0.496 e. The molecule has 36 heavy (non-hydrogen) atoms. The summed E-state index contributed by atoms with van der Waals surface area (Å²) in [7, 11) is 1.65. The molecule has 0 amide bonds. The van der Waals surface area contributed by atoms with E-state index in [1.165, 1.54) is 10.9 Å². The number of methoxy groups -OCH3 is 1. The molecule has 3 aromatic rings. The second-order valence-electron chi connectivity index (χ2n) is 9.50. The summed E-state index contributed by atoms with van der Waals surface area (Å²) in [5, 5.41) is 14.0. The summed E-state index contributed by atoms with van der Waals surface area (Å²) in [6.45, 7) is 5.67. The molecule has 1 aliphatic rings. The number of aromatic nitrogens is 1. The number of aliphatic carboxylic acids is 1. The number of hydrogen-bond acceptors (Lipinski definition) is 5. The molecular formula is C28H36FN3O4. The first-order chi connectivity index (χ1) is 17.4.